The highest BCUT2D eigenvalue weighted by Crippen LogP contribution is 2.22. The van der Waals surface area contributed by atoms with Gasteiger partial charge in [0, 0.05) is 17.0 Å². The van der Waals surface area contributed by atoms with Gasteiger partial charge in [-0.2, -0.15) is 0 Å². The van der Waals surface area contributed by atoms with E-state index in [1.807, 2.05) is 25.1 Å². The fraction of sp³-hybridized carbons (Fsp3) is 0.500. The Hall–Kier alpha value is -0.820. The number of Topliss-reactive ketones (excluding diaryl/α,β-unsaturated/α-hetero) is 1. The predicted octanol–water partition coefficient (Wildman–Crippen LogP) is 4.66. The van der Waals surface area contributed by atoms with E-state index in [4.69, 9.17) is 11.6 Å². The fourth-order valence-corrected chi connectivity index (χ4v) is 2.11. The Balaban J connectivity index is 2.77. The summed E-state index contributed by atoms with van der Waals surface area (Å²) in [7, 11) is 0. The molecule has 0 radical (unpaired) electrons. The molecule has 0 amide bonds. The van der Waals surface area contributed by atoms with E-state index in [0.717, 1.165) is 24.0 Å². The Morgan fingerprint density at radius 2 is 2.12 bits per heavy atom. The van der Waals surface area contributed by atoms with E-state index in [-0.39, 0.29) is 5.78 Å². The number of rotatable bonds is 5. The minimum atomic E-state index is 0.209. The molecular weight excluding hydrogens is 220 g/mol. The van der Waals surface area contributed by atoms with Crippen molar-refractivity contribution in [2.45, 2.75) is 40.0 Å². The Labute approximate surface area is 103 Å². The molecule has 1 atom stereocenters. The van der Waals surface area contributed by atoms with Crippen LogP contribution in [0, 0.1) is 12.8 Å². The molecule has 1 rings (SSSR count). The van der Waals surface area contributed by atoms with Gasteiger partial charge in [-0.15, -0.1) is 0 Å². The second kappa shape index (κ2) is 6.05. The summed E-state index contributed by atoms with van der Waals surface area (Å²) in [4.78, 5) is 12.0. The van der Waals surface area contributed by atoms with Crippen molar-refractivity contribution in [3.05, 3.63) is 34.3 Å². The van der Waals surface area contributed by atoms with E-state index in [0.29, 0.717) is 17.4 Å². The zero-order valence-corrected chi connectivity index (χ0v) is 11.0. The maximum atomic E-state index is 12.0. The van der Waals surface area contributed by atoms with Gasteiger partial charge in [0.05, 0.1) is 0 Å². The molecule has 0 aliphatic heterocycles. The summed E-state index contributed by atoms with van der Waals surface area (Å²) in [6.45, 7) is 6.17. The smallest absolute Gasteiger partial charge is 0.163 e. The van der Waals surface area contributed by atoms with E-state index in [1.54, 1.807) is 0 Å². The standard InChI is InChI=1S/C14H19ClO/c1-4-6-10(2)9-14(16)12-7-5-8-13(15)11(12)3/h5,7-8,10H,4,6,9H2,1-3H3. The van der Waals surface area contributed by atoms with E-state index in [2.05, 4.69) is 13.8 Å². The third-order valence-corrected chi connectivity index (χ3v) is 3.29. The molecule has 0 aromatic heterocycles. The van der Waals surface area contributed by atoms with Crippen molar-refractivity contribution < 1.29 is 4.79 Å². The van der Waals surface area contributed by atoms with Crippen molar-refractivity contribution in [3.8, 4) is 0 Å². The van der Waals surface area contributed by atoms with Gasteiger partial charge in [-0.05, 0) is 24.5 Å². The van der Waals surface area contributed by atoms with Gasteiger partial charge in [0.25, 0.3) is 0 Å². The van der Waals surface area contributed by atoms with E-state index >= 15 is 0 Å². The molecule has 1 aromatic rings. The molecule has 0 aliphatic rings. The third-order valence-electron chi connectivity index (χ3n) is 2.88. The second-order valence-electron chi connectivity index (χ2n) is 4.43. The molecule has 0 aliphatic carbocycles. The average molecular weight is 239 g/mol. The molecule has 0 spiro atoms. The first-order valence-electron chi connectivity index (χ1n) is 5.84. The maximum Gasteiger partial charge on any atom is 0.163 e. The largest absolute Gasteiger partial charge is 0.294 e. The predicted molar refractivity (Wildman–Crippen MR) is 69.2 cm³/mol. The van der Waals surface area contributed by atoms with Crippen LogP contribution in [0.25, 0.3) is 0 Å². The van der Waals surface area contributed by atoms with Gasteiger partial charge in [0.1, 0.15) is 0 Å². The van der Waals surface area contributed by atoms with E-state index < -0.39 is 0 Å². The van der Waals surface area contributed by atoms with Crippen molar-refractivity contribution in [1.82, 2.24) is 0 Å². The molecule has 0 saturated heterocycles. The molecule has 0 N–H and O–H groups in total. The van der Waals surface area contributed by atoms with Crippen molar-refractivity contribution in [2.24, 2.45) is 5.92 Å². The number of halogens is 1. The zero-order valence-electron chi connectivity index (χ0n) is 10.2. The Kier molecular flexibility index (Phi) is 5.01. The van der Waals surface area contributed by atoms with E-state index in [1.165, 1.54) is 0 Å². The summed E-state index contributed by atoms with van der Waals surface area (Å²) in [5.41, 5.74) is 1.67. The SMILES string of the molecule is CCCC(C)CC(=O)c1cccc(Cl)c1C. The molecule has 2 heteroatoms. The second-order valence-corrected chi connectivity index (χ2v) is 4.84. The van der Waals surface area contributed by atoms with Crippen LogP contribution in [0.3, 0.4) is 0 Å². The number of ketones is 1. The van der Waals surface area contributed by atoms with Crippen LogP contribution >= 0.6 is 11.6 Å². The molecule has 1 unspecified atom stereocenters. The highest BCUT2D eigenvalue weighted by molar-refractivity contribution is 6.31. The van der Waals surface area contributed by atoms with Crippen LogP contribution in [-0.4, -0.2) is 5.78 Å². The topological polar surface area (TPSA) is 17.1 Å². The third kappa shape index (κ3) is 3.34. The van der Waals surface area contributed by atoms with Crippen LogP contribution in [0.5, 0.6) is 0 Å². The Bertz CT molecular complexity index is 371. The molecule has 88 valence electrons. The Morgan fingerprint density at radius 3 is 2.75 bits per heavy atom. The first kappa shape index (κ1) is 13.2. The van der Waals surface area contributed by atoms with Gasteiger partial charge in [0.2, 0.25) is 0 Å². The lowest BCUT2D eigenvalue weighted by Gasteiger charge is -2.11. The number of carbonyl (C=O) groups is 1. The highest BCUT2D eigenvalue weighted by atomic mass is 35.5. The summed E-state index contributed by atoms with van der Waals surface area (Å²) >= 11 is 6.00. The van der Waals surface area contributed by atoms with Gasteiger partial charge in [-0.3, -0.25) is 4.79 Å². The zero-order chi connectivity index (χ0) is 12.1. The molecule has 0 fully saturated rings. The lowest BCUT2D eigenvalue weighted by atomic mass is 9.94. The number of hydrogen-bond donors (Lipinski definition) is 0. The van der Waals surface area contributed by atoms with Gasteiger partial charge < -0.3 is 0 Å². The molecule has 0 saturated carbocycles. The lowest BCUT2D eigenvalue weighted by molar-refractivity contribution is 0.0962. The van der Waals surface area contributed by atoms with Crippen LogP contribution < -0.4 is 0 Å². The fourth-order valence-electron chi connectivity index (χ4n) is 1.93. The summed E-state index contributed by atoms with van der Waals surface area (Å²) in [5.74, 6) is 0.664. The maximum absolute atomic E-state index is 12.0. The van der Waals surface area contributed by atoms with Crippen LogP contribution in [-0.2, 0) is 0 Å². The van der Waals surface area contributed by atoms with Crippen molar-refractivity contribution in [2.75, 3.05) is 0 Å². The van der Waals surface area contributed by atoms with Crippen molar-refractivity contribution in [1.29, 1.82) is 0 Å². The number of benzene rings is 1. The van der Waals surface area contributed by atoms with Crippen molar-refractivity contribution in [3.63, 3.8) is 0 Å². The Morgan fingerprint density at radius 1 is 1.44 bits per heavy atom. The summed E-state index contributed by atoms with van der Waals surface area (Å²) in [5, 5.41) is 0.675. The van der Waals surface area contributed by atoms with Crippen LogP contribution in [0.4, 0.5) is 0 Å². The van der Waals surface area contributed by atoms with Gasteiger partial charge >= 0.3 is 0 Å². The number of hydrogen-bond acceptors (Lipinski definition) is 1. The normalized spacial score (nSPS) is 12.5. The van der Waals surface area contributed by atoms with Gasteiger partial charge in [-0.25, -0.2) is 0 Å². The summed E-state index contributed by atoms with van der Waals surface area (Å²) < 4.78 is 0. The summed E-state index contributed by atoms with van der Waals surface area (Å²) in [6.07, 6.45) is 2.85. The molecule has 0 heterocycles. The average Bonchev–Trinajstić information content (AvgIpc) is 2.22. The molecule has 0 bridgehead atoms. The molecular formula is C14H19ClO. The van der Waals surface area contributed by atoms with Crippen LogP contribution in [0.15, 0.2) is 18.2 Å². The van der Waals surface area contributed by atoms with Gasteiger partial charge in [-0.1, -0.05) is 50.4 Å². The molecule has 1 aromatic carbocycles. The van der Waals surface area contributed by atoms with Crippen LogP contribution in [0.1, 0.15) is 49.0 Å². The highest BCUT2D eigenvalue weighted by Gasteiger charge is 2.13. The number of carbonyl (C=O) groups excluding carboxylic acids is 1. The minimum Gasteiger partial charge on any atom is -0.294 e. The first-order chi connectivity index (χ1) is 7.56. The van der Waals surface area contributed by atoms with Gasteiger partial charge in [0.15, 0.2) is 5.78 Å². The monoisotopic (exact) mass is 238 g/mol. The minimum absolute atomic E-state index is 0.209. The quantitative estimate of drug-likeness (QED) is 0.682. The summed E-state index contributed by atoms with van der Waals surface area (Å²) in [6, 6.07) is 5.53. The van der Waals surface area contributed by atoms with E-state index in [9.17, 15) is 4.79 Å². The first-order valence-corrected chi connectivity index (χ1v) is 6.22. The molecule has 1 nitrogen and oxygen atoms in total. The van der Waals surface area contributed by atoms with Crippen LogP contribution in [0.2, 0.25) is 5.02 Å². The lowest BCUT2D eigenvalue weighted by Crippen LogP contribution is -2.07. The molecule has 16 heavy (non-hydrogen) atoms. The van der Waals surface area contributed by atoms with Crippen molar-refractivity contribution >= 4 is 17.4 Å².